The third-order valence-electron chi connectivity index (χ3n) is 3.86. The molecule has 0 atom stereocenters. The van der Waals surface area contributed by atoms with Crippen molar-refractivity contribution in [2.24, 2.45) is 10.7 Å². The van der Waals surface area contributed by atoms with Crippen LogP contribution in [-0.4, -0.2) is 17.1 Å². The molecule has 0 fully saturated rings. The molecule has 0 bridgehead atoms. The minimum Gasteiger partial charge on any atom is -0.370 e. The number of thiazole rings is 1. The first-order valence-corrected chi connectivity index (χ1v) is 9.23. The van der Waals surface area contributed by atoms with Gasteiger partial charge in [-0.1, -0.05) is 0 Å². The summed E-state index contributed by atoms with van der Waals surface area (Å²) in [6.45, 7) is 1.19. The Kier molecular flexibility index (Phi) is 5.97. The van der Waals surface area contributed by atoms with Crippen LogP contribution in [0.1, 0.15) is 6.42 Å². The Balaban J connectivity index is 1.95. The quantitative estimate of drug-likeness (QED) is 0.343. The van der Waals surface area contributed by atoms with E-state index in [1.165, 1.54) is 35.6 Å². The second-order valence-electron chi connectivity index (χ2n) is 5.84. The number of nitrogens with two attached hydrogens (primary N) is 1. The van der Waals surface area contributed by atoms with E-state index >= 15 is 0 Å². The first kappa shape index (κ1) is 18.8. The van der Waals surface area contributed by atoms with Gasteiger partial charge in [-0.3, -0.25) is 5.41 Å². The van der Waals surface area contributed by atoms with Crippen LogP contribution in [0.25, 0.3) is 11.3 Å². The molecule has 27 heavy (non-hydrogen) atoms. The van der Waals surface area contributed by atoms with E-state index in [0.717, 1.165) is 22.5 Å². The fourth-order valence-electron chi connectivity index (χ4n) is 2.57. The highest BCUT2D eigenvalue weighted by molar-refractivity contribution is 7.07. The predicted molar refractivity (Wildman–Crippen MR) is 104 cm³/mol. The zero-order valence-corrected chi connectivity index (χ0v) is 15.3. The van der Waals surface area contributed by atoms with Crippen LogP contribution >= 0.6 is 11.3 Å². The molecular formula is C19H19F2N5S. The number of benzene rings is 2. The molecule has 3 aromatic rings. The smallest absolute Gasteiger partial charge is 0.190 e. The zero-order valence-electron chi connectivity index (χ0n) is 14.5. The molecule has 3 rings (SSSR count). The SMILES string of the molecule is N=C(N)NCCCn1c(-c2ccc(F)cc2)cs/c1=N/c1ccc(F)cc1. The Morgan fingerprint density at radius 2 is 1.70 bits per heavy atom. The minimum absolute atomic E-state index is 0.0692. The van der Waals surface area contributed by atoms with Crippen LogP contribution in [0.15, 0.2) is 58.9 Å². The maximum absolute atomic E-state index is 13.3. The number of guanidine groups is 1. The van der Waals surface area contributed by atoms with E-state index in [9.17, 15) is 8.78 Å². The molecule has 0 aliphatic rings. The summed E-state index contributed by atoms with van der Waals surface area (Å²) in [7, 11) is 0. The van der Waals surface area contributed by atoms with Gasteiger partial charge in [0, 0.05) is 18.5 Å². The normalized spacial score (nSPS) is 11.6. The van der Waals surface area contributed by atoms with Gasteiger partial charge in [-0.05, 0) is 60.5 Å². The van der Waals surface area contributed by atoms with Crippen molar-refractivity contribution in [3.8, 4) is 11.3 Å². The fraction of sp³-hybridized carbons (Fsp3) is 0.158. The van der Waals surface area contributed by atoms with E-state index in [0.29, 0.717) is 18.8 Å². The molecule has 0 unspecified atom stereocenters. The van der Waals surface area contributed by atoms with E-state index < -0.39 is 0 Å². The van der Waals surface area contributed by atoms with Gasteiger partial charge in [0.25, 0.3) is 0 Å². The molecule has 5 nitrogen and oxygen atoms in total. The Labute approximate surface area is 159 Å². The summed E-state index contributed by atoms with van der Waals surface area (Å²) < 4.78 is 28.4. The average molecular weight is 387 g/mol. The molecule has 140 valence electrons. The summed E-state index contributed by atoms with van der Waals surface area (Å²) in [4.78, 5) is 5.37. The Hall–Kier alpha value is -3.00. The number of hydrogen-bond acceptors (Lipinski definition) is 3. The standard InChI is InChI=1S/C19H19F2N5S/c20-14-4-2-13(3-5-14)17-12-27-19(25-16-8-6-15(21)7-9-16)26(17)11-1-10-24-18(22)23/h2-9,12H,1,10-11H2,(H4,22,23,24)/b25-19+. The van der Waals surface area contributed by atoms with E-state index in [-0.39, 0.29) is 17.6 Å². The van der Waals surface area contributed by atoms with Crippen molar-refractivity contribution in [2.45, 2.75) is 13.0 Å². The van der Waals surface area contributed by atoms with E-state index in [1.54, 1.807) is 24.3 Å². The second-order valence-corrected chi connectivity index (χ2v) is 6.68. The summed E-state index contributed by atoms with van der Waals surface area (Å²) >= 11 is 1.46. The van der Waals surface area contributed by atoms with E-state index in [2.05, 4.69) is 10.3 Å². The molecule has 0 radical (unpaired) electrons. The lowest BCUT2D eigenvalue weighted by Gasteiger charge is -2.10. The van der Waals surface area contributed by atoms with Crippen LogP contribution in [0.3, 0.4) is 0 Å². The maximum Gasteiger partial charge on any atom is 0.190 e. The maximum atomic E-state index is 13.3. The van der Waals surface area contributed by atoms with Gasteiger partial charge in [-0.2, -0.15) is 0 Å². The third-order valence-corrected chi connectivity index (χ3v) is 4.73. The van der Waals surface area contributed by atoms with Crippen molar-refractivity contribution in [3.05, 3.63) is 70.3 Å². The van der Waals surface area contributed by atoms with Crippen molar-refractivity contribution in [1.29, 1.82) is 5.41 Å². The number of nitrogens with zero attached hydrogens (tertiary/aromatic N) is 2. The number of nitrogens with one attached hydrogen (secondary N) is 2. The van der Waals surface area contributed by atoms with Crippen LogP contribution in [-0.2, 0) is 6.54 Å². The van der Waals surface area contributed by atoms with Crippen molar-refractivity contribution in [3.63, 3.8) is 0 Å². The number of aromatic nitrogens is 1. The molecule has 4 N–H and O–H groups in total. The highest BCUT2D eigenvalue weighted by Crippen LogP contribution is 2.21. The van der Waals surface area contributed by atoms with Gasteiger partial charge in [0.05, 0.1) is 11.4 Å². The Morgan fingerprint density at radius 3 is 2.33 bits per heavy atom. The van der Waals surface area contributed by atoms with Crippen molar-refractivity contribution in [2.75, 3.05) is 6.54 Å². The third kappa shape index (κ3) is 5.01. The van der Waals surface area contributed by atoms with Crippen molar-refractivity contribution in [1.82, 2.24) is 9.88 Å². The molecule has 0 spiro atoms. The van der Waals surface area contributed by atoms with Crippen LogP contribution in [0, 0.1) is 17.0 Å². The Morgan fingerprint density at radius 1 is 1.07 bits per heavy atom. The van der Waals surface area contributed by atoms with Gasteiger partial charge in [-0.25, -0.2) is 13.8 Å². The van der Waals surface area contributed by atoms with Crippen LogP contribution < -0.4 is 15.9 Å². The molecule has 2 aromatic carbocycles. The van der Waals surface area contributed by atoms with Crippen LogP contribution in [0.2, 0.25) is 0 Å². The highest BCUT2D eigenvalue weighted by Gasteiger charge is 2.09. The Bertz CT molecular complexity index is 975. The van der Waals surface area contributed by atoms with Gasteiger partial charge in [-0.15, -0.1) is 11.3 Å². The average Bonchev–Trinajstić information content (AvgIpc) is 3.04. The van der Waals surface area contributed by atoms with Gasteiger partial charge in [0.2, 0.25) is 0 Å². The molecule has 0 aliphatic heterocycles. The van der Waals surface area contributed by atoms with Crippen LogP contribution in [0.4, 0.5) is 14.5 Å². The number of hydrogen-bond donors (Lipinski definition) is 3. The minimum atomic E-state index is -0.310. The second kappa shape index (κ2) is 8.59. The van der Waals surface area contributed by atoms with Crippen LogP contribution in [0.5, 0.6) is 0 Å². The summed E-state index contributed by atoms with van der Waals surface area (Å²) in [5.41, 5.74) is 7.77. The summed E-state index contributed by atoms with van der Waals surface area (Å²) in [6.07, 6.45) is 0.723. The summed E-state index contributed by atoms with van der Waals surface area (Å²) in [5.74, 6) is -0.668. The van der Waals surface area contributed by atoms with Gasteiger partial charge >= 0.3 is 0 Å². The summed E-state index contributed by atoms with van der Waals surface area (Å²) in [6, 6.07) is 12.3. The molecule has 0 saturated heterocycles. The topological polar surface area (TPSA) is 79.2 Å². The van der Waals surface area contributed by atoms with Gasteiger partial charge in [0.1, 0.15) is 11.6 Å². The van der Waals surface area contributed by atoms with Crippen molar-refractivity contribution < 1.29 is 8.78 Å². The van der Waals surface area contributed by atoms with E-state index in [4.69, 9.17) is 11.1 Å². The first-order chi connectivity index (χ1) is 13.0. The molecule has 8 heteroatoms. The highest BCUT2D eigenvalue weighted by atomic mass is 32.1. The molecule has 0 saturated carbocycles. The predicted octanol–water partition coefficient (Wildman–Crippen LogP) is 3.60. The lowest BCUT2D eigenvalue weighted by molar-refractivity contribution is 0.619. The summed E-state index contributed by atoms with van der Waals surface area (Å²) in [5, 5.41) is 12.0. The molecule has 0 aliphatic carbocycles. The monoisotopic (exact) mass is 387 g/mol. The fourth-order valence-corrected chi connectivity index (χ4v) is 3.53. The first-order valence-electron chi connectivity index (χ1n) is 8.35. The van der Waals surface area contributed by atoms with Gasteiger partial charge < -0.3 is 15.6 Å². The van der Waals surface area contributed by atoms with Gasteiger partial charge in [0.15, 0.2) is 10.8 Å². The molecular weight excluding hydrogens is 368 g/mol. The molecule has 1 aromatic heterocycles. The lowest BCUT2D eigenvalue weighted by atomic mass is 10.1. The number of rotatable bonds is 6. The number of halogens is 2. The molecule has 0 amide bonds. The largest absolute Gasteiger partial charge is 0.370 e. The van der Waals surface area contributed by atoms with E-state index in [1.807, 2.05) is 9.95 Å². The lowest BCUT2D eigenvalue weighted by Crippen LogP contribution is -2.31. The van der Waals surface area contributed by atoms with Crippen molar-refractivity contribution >= 4 is 23.0 Å². The molecule has 1 heterocycles. The zero-order chi connectivity index (χ0) is 19.2.